The van der Waals surface area contributed by atoms with E-state index in [2.05, 4.69) is 5.32 Å². The summed E-state index contributed by atoms with van der Waals surface area (Å²) in [6.45, 7) is 0.121. The van der Waals surface area contributed by atoms with Crippen LogP contribution in [0.1, 0.15) is 17.5 Å². The first-order valence-electron chi connectivity index (χ1n) is 8.10. The number of hydrogen-bond acceptors (Lipinski definition) is 5. The highest BCUT2D eigenvalue weighted by molar-refractivity contribution is 7.92. The number of sulfone groups is 1. The van der Waals surface area contributed by atoms with E-state index in [0.29, 0.717) is 18.4 Å². The van der Waals surface area contributed by atoms with E-state index >= 15 is 0 Å². The van der Waals surface area contributed by atoms with Gasteiger partial charge in [-0.15, -0.1) is 0 Å². The average molecular weight is 376 g/mol. The van der Waals surface area contributed by atoms with E-state index in [4.69, 9.17) is 0 Å². The summed E-state index contributed by atoms with van der Waals surface area (Å²) in [5.41, 5.74) is 1.68. The second-order valence-corrected chi connectivity index (χ2v) is 8.07. The highest BCUT2D eigenvalue weighted by Crippen LogP contribution is 2.11. The number of benzene rings is 2. The van der Waals surface area contributed by atoms with Gasteiger partial charge in [-0.05, 0) is 24.0 Å². The summed E-state index contributed by atoms with van der Waals surface area (Å²) < 4.78 is 24.1. The smallest absolute Gasteiger partial charge is 0.269 e. The van der Waals surface area contributed by atoms with Crippen LogP contribution in [0.5, 0.6) is 0 Å². The molecule has 0 heterocycles. The first-order chi connectivity index (χ1) is 12.4. The van der Waals surface area contributed by atoms with Crippen LogP contribution in [0, 0.1) is 10.1 Å². The van der Waals surface area contributed by atoms with Gasteiger partial charge in [0.05, 0.1) is 10.7 Å². The highest BCUT2D eigenvalue weighted by atomic mass is 32.2. The number of aryl methyl sites for hydroxylation is 1. The third kappa shape index (κ3) is 6.64. The molecule has 0 atom stereocenters. The zero-order valence-corrected chi connectivity index (χ0v) is 14.9. The maximum atomic E-state index is 12.0. The van der Waals surface area contributed by atoms with Crippen LogP contribution in [-0.2, 0) is 27.6 Å². The van der Waals surface area contributed by atoms with Crippen LogP contribution in [0.2, 0.25) is 0 Å². The Labute approximate surface area is 152 Å². The Morgan fingerprint density at radius 2 is 1.65 bits per heavy atom. The molecule has 2 aromatic carbocycles. The highest BCUT2D eigenvalue weighted by Gasteiger charge is 2.16. The number of nitrogens with zero attached hydrogens (tertiary/aromatic N) is 1. The van der Waals surface area contributed by atoms with Gasteiger partial charge in [-0.3, -0.25) is 14.9 Å². The Bertz CT molecular complexity index is 849. The number of non-ortho nitro benzene ring substituents is 1. The summed E-state index contributed by atoms with van der Waals surface area (Å²) in [4.78, 5) is 21.9. The molecule has 0 saturated carbocycles. The number of nitrogens with one attached hydrogen (secondary N) is 1. The Balaban J connectivity index is 1.75. The molecule has 1 amide bonds. The third-order valence-electron chi connectivity index (χ3n) is 3.75. The number of rotatable bonds is 9. The molecule has 7 nitrogen and oxygen atoms in total. The quantitative estimate of drug-likeness (QED) is 0.534. The molecule has 0 spiro atoms. The van der Waals surface area contributed by atoms with E-state index < -0.39 is 26.4 Å². The Kier molecular flexibility index (Phi) is 6.85. The first kappa shape index (κ1) is 19.6. The van der Waals surface area contributed by atoms with Gasteiger partial charge >= 0.3 is 0 Å². The van der Waals surface area contributed by atoms with E-state index in [-0.39, 0.29) is 18.0 Å². The molecule has 0 bridgehead atoms. The second-order valence-electron chi connectivity index (χ2n) is 5.88. The summed E-state index contributed by atoms with van der Waals surface area (Å²) in [5.74, 6) is -1.19. The fraction of sp³-hybridized carbons (Fsp3) is 0.278. The lowest BCUT2D eigenvalue weighted by atomic mass is 10.1. The molecule has 8 heteroatoms. The van der Waals surface area contributed by atoms with Crippen LogP contribution >= 0.6 is 0 Å². The molecule has 26 heavy (non-hydrogen) atoms. The van der Waals surface area contributed by atoms with Crippen molar-refractivity contribution in [2.75, 3.05) is 11.5 Å². The molecule has 2 aromatic rings. The van der Waals surface area contributed by atoms with Gasteiger partial charge in [0.1, 0.15) is 5.75 Å². The van der Waals surface area contributed by atoms with Gasteiger partial charge in [-0.25, -0.2) is 8.42 Å². The standard InChI is InChI=1S/C18H20N2O5S/c21-18(19-13-16-8-10-17(11-9-16)20(22)23)14-26(24,25)12-4-7-15-5-2-1-3-6-15/h1-3,5-6,8-11H,4,7,12-14H2,(H,19,21). The van der Waals surface area contributed by atoms with Crippen molar-refractivity contribution in [2.45, 2.75) is 19.4 Å². The van der Waals surface area contributed by atoms with Gasteiger partial charge in [0.15, 0.2) is 9.84 Å². The molecule has 0 aliphatic rings. The van der Waals surface area contributed by atoms with Crippen molar-refractivity contribution in [3.05, 3.63) is 75.8 Å². The summed E-state index contributed by atoms with van der Waals surface area (Å²) in [6, 6.07) is 15.3. The van der Waals surface area contributed by atoms with Crippen molar-refractivity contribution in [1.82, 2.24) is 5.32 Å². The van der Waals surface area contributed by atoms with E-state index in [1.807, 2.05) is 30.3 Å². The van der Waals surface area contributed by atoms with Crippen LogP contribution in [0.15, 0.2) is 54.6 Å². The van der Waals surface area contributed by atoms with Crippen LogP contribution in [0.25, 0.3) is 0 Å². The first-order valence-corrected chi connectivity index (χ1v) is 9.92. The van der Waals surface area contributed by atoms with Gasteiger partial charge in [0, 0.05) is 18.7 Å². The molecule has 0 unspecified atom stereocenters. The number of carbonyl (C=O) groups excluding carboxylic acids is 1. The number of nitro benzene ring substituents is 1. The molecule has 1 N–H and O–H groups in total. The van der Waals surface area contributed by atoms with Crippen molar-refractivity contribution in [1.29, 1.82) is 0 Å². The second kappa shape index (κ2) is 9.10. The molecule has 0 aromatic heterocycles. The van der Waals surface area contributed by atoms with Crippen molar-refractivity contribution in [3.8, 4) is 0 Å². The summed E-state index contributed by atoms with van der Waals surface area (Å²) in [6.07, 6.45) is 1.10. The molecule has 2 rings (SSSR count). The SMILES string of the molecule is O=C(CS(=O)(=O)CCCc1ccccc1)NCc1ccc([N+](=O)[O-])cc1. The minimum absolute atomic E-state index is 0.0407. The van der Waals surface area contributed by atoms with Crippen molar-refractivity contribution in [2.24, 2.45) is 0 Å². The Hall–Kier alpha value is -2.74. The fourth-order valence-electron chi connectivity index (χ4n) is 2.40. The zero-order valence-electron chi connectivity index (χ0n) is 14.1. The molecule has 138 valence electrons. The van der Waals surface area contributed by atoms with Crippen LogP contribution in [0.4, 0.5) is 5.69 Å². The maximum Gasteiger partial charge on any atom is 0.269 e. The monoisotopic (exact) mass is 376 g/mol. The van der Waals surface area contributed by atoms with Crippen molar-refractivity contribution >= 4 is 21.4 Å². The number of hydrogen-bond donors (Lipinski definition) is 1. The zero-order chi connectivity index (χ0) is 19.0. The Morgan fingerprint density at radius 1 is 1.00 bits per heavy atom. The number of carbonyl (C=O) groups is 1. The molecule has 0 saturated heterocycles. The Morgan fingerprint density at radius 3 is 2.27 bits per heavy atom. The predicted octanol–water partition coefficient (Wildman–Crippen LogP) is 2.26. The van der Waals surface area contributed by atoms with Gasteiger partial charge in [0.2, 0.25) is 5.91 Å². The van der Waals surface area contributed by atoms with Crippen LogP contribution < -0.4 is 5.32 Å². The minimum Gasteiger partial charge on any atom is -0.351 e. The van der Waals surface area contributed by atoms with E-state index in [1.54, 1.807) is 0 Å². The lowest BCUT2D eigenvalue weighted by Gasteiger charge is -2.07. The molecule has 0 fully saturated rings. The van der Waals surface area contributed by atoms with E-state index in [9.17, 15) is 23.3 Å². The predicted molar refractivity (Wildman–Crippen MR) is 98.4 cm³/mol. The van der Waals surface area contributed by atoms with Gasteiger partial charge in [-0.2, -0.15) is 0 Å². The summed E-state index contributed by atoms with van der Waals surface area (Å²) in [5, 5.41) is 13.1. The normalized spacial score (nSPS) is 11.1. The molecular weight excluding hydrogens is 356 g/mol. The molecule has 0 radical (unpaired) electrons. The van der Waals surface area contributed by atoms with E-state index in [1.165, 1.54) is 24.3 Å². The van der Waals surface area contributed by atoms with E-state index in [0.717, 1.165) is 5.56 Å². The molecular formula is C18H20N2O5S. The van der Waals surface area contributed by atoms with Crippen molar-refractivity contribution in [3.63, 3.8) is 0 Å². The van der Waals surface area contributed by atoms with Gasteiger partial charge in [-0.1, -0.05) is 42.5 Å². The largest absolute Gasteiger partial charge is 0.351 e. The summed E-state index contributed by atoms with van der Waals surface area (Å²) in [7, 11) is -3.47. The topological polar surface area (TPSA) is 106 Å². The van der Waals surface area contributed by atoms with Crippen LogP contribution in [-0.4, -0.2) is 30.8 Å². The maximum absolute atomic E-state index is 12.0. The van der Waals surface area contributed by atoms with Crippen LogP contribution in [0.3, 0.4) is 0 Å². The van der Waals surface area contributed by atoms with Crippen molar-refractivity contribution < 1.29 is 18.1 Å². The minimum atomic E-state index is -3.47. The number of amides is 1. The summed E-state index contributed by atoms with van der Waals surface area (Å²) >= 11 is 0. The third-order valence-corrected chi connectivity index (χ3v) is 5.36. The van der Waals surface area contributed by atoms with Gasteiger partial charge in [0.25, 0.3) is 5.69 Å². The molecule has 0 aliphatic heterocycles. The fourth-order valence-corrected chi connectivity index (χ4v) is 3.63. The average Bonchev–Trinajstić information content (AvgIpc) is 2.60. The van der Waals surface area contributed by atoms with Gasteiger partial charge < -0.3 is 5.32 Å². The molecule has 0 aliphatic carbocycles. The number of nitro groups is 1. The lowest BCUT2D eigenvalue weighted by molar-refractivity contribution is -0.384. The lowest BCUT2D eigenvalue weighted by Crippen LogP contribution is -2.31.